The topological polar surface area (TPSA) is 29.1 Å². The molecule has 3 heteroatoms. The third-order valence-electron chi connectivity index (χ3n) is 3.30. The molecule has 2 aromatic rings. The first-order chi connectivity index (χ1) is 9.13. The van der Waals surface area contributed by atoms with E-state index in [1.54, 1.807) is 0 Å². The third-order valence-corrected chi connectivity index (χ3v) is 3.99. The minimum atomic E-state index is 0.0485. The molecule has 0 aromatic heterocycles. The zero-order valence-electron chi connectivity index (χ0n) is 11.2. The van der Waals surface area contributed by atoms with Crippen LogP contribution in [0.3, 0.4) is 0 Å². The number of hydrogen-bond acceptors (Lipinski definition) is 1. The van der Waals surface area contributed by atoms with Gasteiger partial charge < -0.3 is 5.32 Å². The molecule has 0 saturated carbocycles. The first-order valence-corrected chi connectivity index (χ1v) is 7.41. The van der Waals surface area contributed by atoms with E-state index in [-0.39, 0.29) is 11.8 Å². The van der Waals surface area contributed by atoms with Crippen molar-refractivity contribution in [2.45, 2.75) is 26.7 Å². The Morgan fingerprint density at radius 1 is 1.21 bits per heavy atom. The molecule has 0 spiro atoms. The first kappa shape index (κ1) is 14.1. The van der Waals surface area contributed by atoms with Crippen molar-refractivity contribution >= 4 is 38.3 Å². The fraction of sp³-hybridized carbons (Fsp3) is 0.312. The van der Waals surface area contributed by atoms with Gasteiger partial charge in [-0.3, -0.25) is 4.79 Å². The molecule has 1 atom stereocenters. The van der Waals surface area contributed by atoms with Gasteiger partial charge in [0.1, 0.15) is 0 Å². The van der Waals surface area contributed by atoms with Crippen LogP contribution in [-0.4, -0.2) is 5.91 Å². The van der Waals surface area contributed by atoms with Crippen LogP contribution in [0.1, 0.15) is 26.7 Å². The van der Waals surface area contributed by atoms with Crippen LogP contribution in [0.4, 0.5) is 5.69 Å². The average molecular weight is 320 g/mol. The third kappa shape index (κ3) is 3.16. The van der Waals surface area contributed by atoms with E-state index in [9.17, 15) is 4.79 Å². The number of carbonyl (C=O) groups is 1. The van der Waals surface area contributed by atoms with Crippen LogP contribution in [-0.2, 0) is 4.79 Å². The van der Waals surface area contributed by atoms with Gasteiger partial charge in [-0.15, -0.1) is 0 Å². The van der Waals surface area contributed by atoms with Crippen LogP contribution >= 0.6 is 15.9 Å². The molecule has 2 aromatic carbocycles. The molecule has 19 heavy (non-hydrogen) atoms. The van der Waals surface area contributed by atoms with Crippen LogP contribution in [0.2, 0.25) is 0 Å². The summed E-state index contributed by atoms with van der Waals surface area (Å²) in [6, 6.07) is 12.0. The Labute approximate surface area is 122 Å². The summed E-state index contributed by atoms with van der Waals surface area (Å²) in [6.45, 7) is 4.07. The number of carbonyl (C=O) groups excluding carboxylic acids is 1. The minimum Gasteiger partial charge on any atom is -0.325 e. The Hall–Kier alpha value is -1.35. The zero-order valence-corrected chi connectivity index (χ0v) is 12.8. The summed E-state index contributed by atoms with van der Waals surface area (Å²) in [5.41, 5.74) is 0.881. The molecule has 1 unspecified atom stereocenters. The van der Waals surface area contributed by atoms with E-state index in [0.29, 0.717) is 0 Å². The molecule has 1 N–H and O–H groups in total. The van der Waals surface area contributed by atoms with E-state index in [2.05, 4.69) is 28.2 Å². The van der Waals surface area contributed by atoms with Gasteiger partial charge in [-0.1, -0.05) is 60.5 Å². The van der Waals surface area contributed by atoms with Crippen LogP contribution in [0, 0.1) is 5.92 Å². The Balaban J connectivity index is 2.31. The smallest absolute Gasteiger partial charge is 0.227 e. The van der Waals surface area contributed by atoms with Gasteiger partial charge in [0, 0.05) is 21.5 Å². The number of halogens is 1. The average Bonchev–Trinajstić information content (AvgIpc) is 2.42. The first-order valence-electron chi connectivity index (χ1n) is 6.61. The maximum Gasteiger partial charge on any atom is 0.227 e. The van der Waals surface area contributed by atoms with Gasteiger partial charge in [0.15, 0.2) is 0 Å². The molecule has 0 heterocycles. The highest BCUT2D eigenvalue weighted by Gasteiger charge is 2.13. The van der Waals surface area contributed by atoms with Gasteiger partial charge >= 0.3 is 0 Å². The van der Waals surface area contributed by atoms with Gasteiger partial charge in [-0.05, 0) is 23.9 Å². The number of fused-ring (bicyclic) bond motifs is 1. The molecule has 100 valence electrons. The van der Waals surface area contributed by atoms with Crippen molar-refractivity contribution in [3.05, 3.63) is 40.9 Å². The van der Waals surface area contributed by atoms with Gasteiger partial charge in [0.25, 0.3) is 0 Å². The molecule has 2 nitrogen and oxygen atoms in total. The molecule has 1 amide bonds. The zero-order chi connectivity index (χ0) is 13.8. The Morgan fingerprint density at radius 2 is 1.89 bits per heavy atom. The highest BCUT2D eigenvalue weighted by Crippen LogP contribution is 2.30. The van der Waals surface area contributed by atoms with Crippen molar-refractivity contribution in [1.29, 1.82) is 0 Å². The van der Waals surface area contributed by atoms with Gasteiger partial charge in [-0.25, -0.2) is 0 Å². The lowest BCUT2D eigenvalue weighted by atomic mass is 10.0. The normalized spacial score (nSPS) is 12.4. The summed E-state index contributed by atoms with van der Waals surface area (Å²) in [5, 5.41) is 5.22. The van der Waals surface area contributed by atoms with Crippen LogP contribution in [0.25, 0.3) is 10.8 Å². The molecule has 0 saturated heterocycles. The maximum atomic E-state index is 12.1. The highest BCUT2D eigenvalue weighted by molar-refractivity contribution is 9.10. The minimum absolute atomic E-state index is 0.0485. The van der Waals surface area contributed by atoms with Crippen LogP contribution in [0.5, 0.6) is 0 Å². The molecular formula is C16H18BrNO. The Kier molecular flexibility index (Phi) is 4.59. The quantitative estimate of drug-likeness (QED) is 0.846. The monoisotopic (exact) mass is 319 g/mol. The molecule has 0 aliphatic rings. The Bertz CT molecular complexity index is 594. The second-order valence-corrected chi connectivity index (χ2v) is 5.67. The van der Waals surface area contributed by atoms with E-state index >= 15 is 0 Å². The number of hydrogen-bond donors (Lipinski definition) is 1. The molecule has 0 bridgehead atoms. The lowest BCUT2D eigenvalue weighted by Gasteiger charge is -2.13. The van der Waals surface area contributed by atoms with E-state index in [1.807, 2.05) is 43.3 Å². The standard InChI is InChI=1S/C16H18BrNO/c1-3-6-11(2)16(19)18-15-10-9-14(17)12-7-4-5-8-13(12)15/h4-5,7-11H,3,6H2,1-2H3,(H,18,19). The molecule has 0 radical (unpaired) electrons. The molecule has 0 aliphatic heterocycles. The van der Waals surface area contributed by atoms with Crippen molar-refractivity contribution in [3.8, 4) is 0 Å². The summed E-state index contributed by atoms with van der Waals surface area (Å²) in [4.78, 5) is 12.1. The van der Waals surface area contributed by atoms with Crippen molar-refractivity contribution in [3.63, 3.8) is 0 Å². The van der Waals surface area contributed by atoms with Gasteiger partial charge in [0.05, 0.1) is 0 Å². The van der Waals surface area contributed by atoms with Crippen molar-refractivity contribution in [2.24, 2.45) is 5.92 Å². The number of nitrogens with one attached hydrogen (secondary N) is 1. The lowest BCUT2D eigenvalue weighted by molar-refractivity contribution is -0.119. The van der Waals surface area contributed by atoms with Crippen LogP contribution < -0.4 is 5.32 Å². The van der Waals surface area contributed by atoms with Crippen molar-refractivity contribution in [2.75, 3.05) is 5.32 Å². The largest absolute Gasteiger partial charge is 0.325 e. The molecule has 0 aliphatic carbocycles. The number of amides is 1. The molecule has 0 fully saturated rings. The summed E-state index contributed by atoms with van der Waals surface area (Å²) in [7, 11) is 0. The summed E-state index contributed by atoms with van der Waals surface area (Å²) in [5.74, 6) is 0.140. The number of anilines is 1. The van der Waals surface area contributed by atoms with Crippen LogP contribution in [0.15, 0.2) is 40.9 Å². The van der Waals surface area contributed by atoms with Gasteiger partial charge in [-0.2, -0.15) is 0 Å². The second kappa shape index (κ2) is 6.20. The lowest BCUT2D eigenvalue weighted by Crippen LogP contribution is -2.20. The second-order valence-electron chi connectivity index (χ2n) is 4.82. The van der Waals surface area contributed by atoms with Crippen molar-refractivity contribution in [1.82, 2.24) is 0 Å². The predicted octanol–water partition coefficient (Wildman–Crippen LogP) is 4.98. The molecular weight excluding hydrogens is 302 g/mol. The van der Waals surface area contributed by atoms with Gasteiger partial charge in [0.2, 0.25) is 5.91 Å². The summed E-state index contributed by atoms with van der Waals surface area (Å²) < 4.78 is 1.04. The van der Waals surface area contributed by atoms with Crippen molar-refractivity contribution < 1.29 is 4.79 Å². The van der Waals surface area contributed by atoms with E-state index in [4.69, 9.17) is 0 Å². The number of benzene rings is 2. The SMILES string of the molecule is CCCC(C)C(=O)Nc1ccc(Br)c2ccccc12. The highest BCUT2D eigenvalue weighted by atomic mass is 79.9. The predicted molar refractivity (Wildman–Crippen MR) is 84.3 cm³/mol. The number of rotatable bonds is 4. The molecule has 2 rings (SSSR count). The summed E-state index contributed by atoms with van der Waals surface area (Å²) >= 11 is 3.54. The van der Waals surface area contributed by atoms with E-state index in [0.717, 1.165) is 33.8 Å². The fourth-order valence-corrected chi connectivity index (χ4v) is 2.67. The van der Waals surface area contributed by atoms with E-state index < -0.39 is 0 Å². The Morgan fingerprint density at radius 3 is 2.58 bits per heavy atom. The van der Waals surface area contributed by atoms with E-state index in [1.165, 1.54) is 0 Å². The fourth-order valence-electron chi connectivity index (χ4n) is 2.19. The summed E-state index contributed by atoms with van der Waals surface area (Å²) in [6.07, 6.45) is 1.94. The maximum absolute atomic E-state index is 12.1.